The van der Waals surface area contributed by atoms with Crippen LogP contribution in [0.1, 0.15) is 31.4 Å². The number of para-hydroxylation sites is 1. The molecule has 0 unspecified atom stereocenters. The first kappa shape index (κ1) is 26.1. The van der Waals surface area contributed by atoms with Crippen molar-refractivity contribution in [2.45, 2.75) is 35.9 Å². The van der Waals surface area contributed by atoms with Gasteiger partial charge in [-0.25, -0.2) is 8.42 Å². The Hall–Kier alpha value is -3.47. The van der Waals surface area contributed by atoms with Crippen molar-refractivity contribution in [2.24, 2.45) is 0 Å². The Bertz CT molecular complexity index is 1500. The molecule has 1 N–H and O–H groups in total. The summed E-state index contributed by atoms with van der Waals surface area (Å²) in [6.07, 6.45) is 1.75. The van der Waals surface area contributed by atoms with Crippen LogP contribution in [0.5, 0.6) is 0 Å². The first-order chi connectivity index (χ1) is 18.4. The molecule has 1 saturated heterocycles. The van der Waals surface area contributed by atoms with Gasteiger partial charge in [0.05, 0.1) is 16.7 Å². The van der Waals surface area contributed by atoms with Crippen LogP contribution in [0.2, 0.25) is 0 Å². The minimum Gasteiger partial charge on any atom is -0.349 e. The highest BCUT2D eigenvalue weighted by atomic mass is 32.2. The van der Waals surface area contributed by atoms with E-state index in [2.05, 4.69) is 15.5 Å². The lowest BCUT2D eigenvalue weighted by Gasteiger charge is -2.16. The number of thioether (sulfide) groups is 1. The highest BCUT2D eigenvalue weighted by Crippen LogP contribution is 2.30. The zero-order chi connectivity index (χ0) is 26.5. The Kier molecular flexibility index (Phi) is 7.92. The molecule has 1 aliphatic rings. The number of nitrogens with one attached hydrogen (secondary N) is 1. The van der Waals surface area contributed by atoms with Gasteiger partial charge in [-0.2, -0.15) is 4.31 Å². The summed E-state index contributed by atoms with van der Waals surface area (Å²) < 4.78 is 29.8. The predicted molar refractivity (Wildman–Crippen MR) is 149 cm³/mol. The number of aromatic nitrogens is 3. The molecule has 0 bridgehead atoms. The first-order valence-electron chi connectivity index (χ1n) is 12.5. The van der Waals surface area contributed by atoms with Gasteiger partial charge in [0.1, 0.15) is 0 Å². The summed E-state index contributed by atoms with van der Waals surface area (Å²) in [5.41, 5.74) is 2.49. The van der Waals surface area contributed by atoms with Gasteiger partial charge in [0, 0.05) is 24.3 Å². The normalized spacial score (nSPS) is 14.9. The van der Waals surface area contributed by atoms with Crippen molar-refractivity contribution in [3.63, 3.8) is 0 Å². The number of carbonyl (C=O) groups is 1. The number of sulfonamides is 1. The smallest absolute Gasteiger partial charge is 0.243 e. The van der Waals surface area contributed by atoms with E-state index in [-0.39, 0.29) is 22.6 Å². The summed E-state index contributed by atoms with van der Waals surface area (Å²) in [5, 5.41) is 12.4. The van der Waals surface area contributed by atoms with Gasteiger partial charge in [0.25, 0.3) is 0 Å². The van der Waals surface area contributed by atoms with Crippen LogP contribution in [0.15, 0.2) is 95.0 Å². The number of benzene rings is 3. The zero-order valence-corrected chi connectivity index (χ0v) is 22.7. The molecule has 1 fully saturated rings. The number of rotatable bonds is 9. The van der Waals surface area contributed by atoms with E-state index in [9.17, 15) is 13.2 Å². The van der Waals surface area contributed by atoms with Crippen molar-refractivity contribution in [1.29, 1.82) is 0 Å². The number of hydrogen-bond donors (Lipinski definition) is 1. The topological polar surface area (TPSA) is 97.2 Å². The Morgan fingerprint density at radius 3 is 2.34 bits per heavy atom. The second kappa shape index (κ2) is 11.5. The van der Waals surface area contributed by atoms with Gasteiger partial charge in [-0.15, -0.1) is 10.2 Å². The summed E-state index contributed by atoms with van der Waals surface area (Å²) >= 11 is 1.28. The zero-order valence-electron chi connectivity index (χ0n) is 21.0. The van der Waals surface area contributed by atoms with Crippen molar-refractivity contribution < 1.29 is 13.2 Å². The van der Waals surface area contributed by atoms with Gasteiger partial charge in [-0.1, -0.05) is 72.4 Å². The summed E-state index contributed by atoms with van der Waals surface area (Å²) in [4.78, 5) is 13.0. The monoisotopic (exact) mass is 547 g/mol. The van der Waals surface area contributed by atoms with Crippen LogP contribution in [0.3, 0.4) is 0 Å². The van der Waals surface area contributed by atoms with Crippen molar-refractivity contribution in [3.05, 3.63) is 90.5 Å². The Morgan fingerprint density at radius 1 is 0.947 bits per heavy atom. The fourth-order valence-corrected chi connectivity index (χ4v) is 6.80. The van der Waals surface area contributed by atoms with Crippen LogP contribution in [0.25, 0.3) is 17.1 Å². The van der Waals surface area contributed by atoms with E-state index in [0.717, 1.165) is 24.1 Å². The highest BCUT2D eigenvalue weighted by Gasteiger charge is 2.28. The summed E-state index contributed by atoms with van der Waals surface area (Å²) in [5.74, 6) is 0.551. The maximum Gasteiger partial charge on any atom is 0.243 e. The number of nitrogens with zero attached hydrogens (tertiary/aromatic N) is 4. The van der Waals surface area contributed by atoms with E-state index in [0.29, 0.717) is 29.6 Å². The van der Waals surface area contributed by atoms with Crippen molar-refractivity contribution in [2.75, 3.05) is 18.8 Å². The molecule has 1 aliphatic heterocycles. The Morgan fingerprint density at radius 2 is 1.63 bits per heavy atom. The largest absolute Gasteiger partial charge is 0.349 e. The Balaban J connectivity index is 1.41. The fraction of sp³-hybridized carbons (Fsp3) is 0.250. The van der Waals surface area contributed by atoms with Crippen molar-refractivity contribution in [3.8, 4) is 17.1 Å². The lowest BCUT2D eigenvalue weighted by atomic mass is 10.1. The molecular weight excluding hydrogens is 518 g/mol. The molecule has 0 aliphatic carbocycles. The van der Waals surface area contributed by atoms with Gasteiger partial charge in [-0.3, -0.25) is 9.36 Å². The minimum atomic E-state index is -3.58. The van der Waals surface area contributed by atoms with Crippen molar-refractivity contribution in [1.82, 2.24) is 24.4 Å². The first-order valence-corrected chi connectivity index (χ1v) is 14.9. The molecule has 1 aromatic heterocycles. The average molecular weight is 548 g/mol. The van der Waals surface area contributed by atoms with E-state index in [1.807, 2.05) is 78.2 Å². The molecular formula is C28H29N5O3S2. The molecule has 3 aromatic carbocycles. The number of amides is 1. The standard InChI is InChI=1S/C28H29N5O3S2/c1-21(22-11-4-2-5-12-22)29-26(34)20-37-28-31-30-27(33(28)24-14-6-3-7-15-24)23-13-10-16-25(19-23)38(35,36)32-17-8-9-18-32/h2-7,10-16,19,21H,8-9,17-18,20H2,1H3,(H,29,34)/t21-/m0/s1. The average Bonchev–Trinajstić information content (AvgIpc) is 3.64. The van der Waals surface area contributed by atoms with Crippen LogP contribution in [0, 0.1) is 0 Å². The van der Waals surface area contributed by atoms with Crippen LogP contribution >= 0.6 is 11.8 Å². The number of hydrogen-bond acceptors (Lipinski definition) is 6. The molecule has 38 heavy (non-hydrogen) atoms. The molecule has 0 spiro atoms. The molecule has 2 heterocycles. The van der Waals surface area contributed by atoms with Gasteiger partial charge in [0.15, 0.2) is 11.0 Å². The van der Waals surface area contributed by atoms with Crippen LogP contribution in [0.4, 0.5) is 0 Å². The molecule has 1 atom stereocenters. The summed E-state index contributed by atoms with van der Waals surface area (Å²) in [7, 11) is -3.58. The molecule has 8 nitrogen and oxygen atoms in total. The molecule has 10 heteroatoms. The fourth-order valence-electron chi connectivity index (χ4n) is 4.47. The number of carbonyl (C=O) groups excluding carboxylic acids is 1. The van der Waals surface area contributed by atoms with Crippen LogP contribution < -0.4 is 5.32 Å². The van der Waals surface area contributed by atoms with Gasteiger partial charge in [0.2, 0.25) is 15.9 Å². The van der Waals surface area contributed by atoms with E-state index in [4.69, 9.17) is 0 Å². The van der Waals surface area contributed by atoms with E-state index in [1.54, 1.807) is 18.2 Å². The molecule has 4 aromatic rings. The van der Waals surface area contributed by atoms with Crippen LogP contribution in [-0.4, -0.2) is 52.2 Å². The van der Waals surface area contributed by atoms with Gasteiger partial charge >= 0.3 is 0 Å². The molecule has 1 amide bonds. The second-order valence-electron chi connectivity index (χ2n) is 9.10. The van der Waals surface area contributed by atoms with E-state index in [1.165, 1.54) is 16.1 Å². The van der Waals surface area contributed by atoms with Gasteiger partial charge in [-0.05, 0) is 49.6 Å². The van der Waals surface area contributed by atoms with Crippen molar-refractivity contribution >= 4 is 27.7 Å². The molecule has 0 saturated carbocycles. The third kappa shape index (κ3) is 5.67. The van der Waals surface area contributed by atoms with E-state index < -0.39 is 10.0 Å². The SMILES string of the molecule is C[C@H](NC(=O)CSc1nnc(-c2cccc(S(=O)(=O)N3CCCC3)c2)n1-c1ccccc1)c1ccccc1. The maximum atomic E-state index is 13.2. The van der Waals surface area contributed by atoms with Crippen LogP contribution in [-0.2, 0) is 14.8 Å². The molecule has 0 radical (unpaired) electrons. The third-order valence-electron chi connectivity index (χ3n) is 6.45. The Labute approximate surface area is 227 Å². The maximum absolute atomic E-state index is 13.2. The van der Waals surface area contributed by atoms with E-state index >= 15 is 0 Å². The lowest BCUT2D eigenvalue weighted by molar-refractivity contribution is -0.119. The summed E-state index contributed by atoms with van der Waals surface area (Å²) in [6, 6.07) is 26.1. The molecule has 196 valence electrons. The second-order valence-corrected chi connectivity index (χ2v) is 12.0. The predicted octanol–water partition coefficient (Wildman–Crippen LogP) is 4.69. The quantitative estimate of drug-likeness (QED) is 0.306. The molecule has 5 rings (SSSR count). The minimum absolute atomic E-state index is 0.116. The highest BCUT2D eigenvalue weighted by molar-refractivity contribution is 7.99. The third-order valence-corrected chi connectivity index (χ3v) is 9.28. The lowest BCUT2D eigenvalue weighted by Crippen LogP contribution is -2.28. The summed E-state index contributed by atoms with van der Waals surface area (Å²) in [6.45, 7) is 3.03. The van der Waals surface area contributed by atoms with Gasteiger partial charge < -0.3 is 5.32 Å².